The van der Waals surface area contributed by atoms with Gasteiger partial charge in [0.1, 0.15) is 0 Å². The van der Waals surface area contributed by atoms with Gasteiger partial charge in [0.25, 0.3) is 0 Å². The van der Waals surface area contributed by atoms with Crippen LogP contribution in [0.15, 0.2) is 0 Å². The molecule has 0 radical (unpaired) electrons. The van der Waals surface area contributed by atoms with Gasteiger partial charge in [-0.25, -0.2) is 0 Å². The Hall–Kier alpha value is 1.27. The van der Waals surface area contributed by atoms with Crippen LogP contribution in [0.1, 0.15) is 0 Å². The first-order valence-corrected chi connectivity index (χ1v) is 5.56. The molecule has 0 bridgehead atoms. The van der Waals surface area contributed by atoms with Crippen molar-refractivity contribution in [2.24, 2.45) is 0 Å². The summed E-state index contributed by atoms with van der Waals surface area (Å²) >= 11 is 0. The quantitative estimate of drug-likeness (QED) is 0.470. The number of rotatable bonds is 0. The first kappa shape index (κ1) is 10.3. The summed E-state index contributed by atoms with van der Waals surface area (Å²) in [6, 6.07) is 0. The zero-order valence-electron chi connectivity index (χ0n) is 4.71. The van der Waals surface area contributed by atoms with Gasteiger partial charge in [0.15, 0.2) is 0 Å². The summed E-state index contributed by atoms with van der Waals surface area (Å²) in [5.41, 5.74) is 0. The summed E-state index contributed by atoms with van der Waals surface area (Å²) in [6.07, 6.45) is 0. The van der Waals surface area contributed by atoms with Crippen molar-refractivity contribution in [1.29, 1.82) is 0 Å². The van der Waals surface area contributed by atoms with Gasteiger partial charge in [0, 0.05) is 31.1 Å². The Balaban J connectivity index is 0. The van der Waals surface area contributed by atoms with Crippen LogP contribution >= 0.6 is 0 Å². The molecule has 0 aliphatic rings. The van der Waals surface area contributed by atoms with E-state index in [1.54, 1.807) is 0 Å². The molecule has 0 rings (SSSR count). The molecule has 0 aromatic rings. The fourth-order valence-electron chi connectivity index (χ4n) is 0. The van der Waals surface area contributed by atoms with Crippen molar-refractivity contribution in [2.45, 2.75) is 19.6 Å². The average molecular weight is 325 g/mol. The molecule has 0 atom stereocenters. The van der Waals surface area contributed by atoms with Crippen LogP contribution in [0, 0.1) is 37.7 Å². The zero-order valence-corrected chi connectivity index (χ0v) is 9.87. The molecule has 0 nitrogen and oxygen atoms in total. The summed E-state index contributed by atoms with van der Waals surface area (Å²) in [5, 5.41) is 0. The normalized spacial score (nSPS) is 10.0. The van der Waals surface area contributed by atoms with Crippen molar-refractivity contribution in [3.63, 3.8) is 0 Å². The first-order valence-electron chi connectivity index (χ1n) is 1.85. The van der Waals surface area contributed by atoms with Crippen LogP contribution < -0.4 is 0 Å². The Morgan fingerprint density at radius 1 is 1.17 bits per heavy atom. The van der Waals surface area contributed by atoms with Gasteiger partial charge < -0.3 is 6.55 Å². The summed E-state index contributed by atoms with van der Waals surface area (Å²) in [6.45, 7) is 10.6. The number of hydrogen-bond donors (Lipinski definition) is 0. The van der Waals surface area contributed by atoms with E-state index in [1.807, 2.05) is 0 Å². The van der Waals surface area contributed by atoms with Crippen molar-refractivity contribution >= 4 is 8.07 Å². The maximum absolute atomic E-state index is 3.91. The van der Waals surface area contributed by atoms with E-state index in [4.69, 9.17) is 0 Å². The summed E-state index contributed by atoms with van der Waals surface area (Å²) in [4.78, 5) is 0. The fraction of sp³-hybridized carbons (Fsp3) is 0.750. The molecule has 0 saturated carbocycles. The van der Waals surface area contributed by atoms with E-state index in [9.17, 15) is 0 Å². The molecule has 0 fully saturated rings. The molecule has 0 heterocycles. The molecule has 0 saturated heterocycles. The smallest absolute Gasteiger partial charge is 0 e. The molecule has 0 N–H and O–H groups in total. The Morgan fingerprint density at radius 2 is 1.17 bits per heavy atom. The topological polar surface area (TPSA) is 0 Å². The summed E-state index contributed by atoms with van der Waals surface area (Å²) < 4.78 is 0. The van der Waals surface area contributed by atoms with Crippen molar-refractivity contribution < 1.29 is 31.1 Å². The van der Waals surface area contributed by atoms with Crippen molar-refractivity contribution in [2.75, 3.05) is 0 Å². The molecule has 0 spiro atoms. The number of hydrogen-bond acceptors (Lipinski definition) is 0. The third-order valence-electron chi connectivity index (χ3n) is 0. The molecule has 0 amide bonds. The average Bonchev–Trinajstić information content (AvgIpc) is 0.722. The van der Waals surface area contributed by atoms with Crippen LogP contribution in [0.5, 0.6) is 0 Å². The molecule has 0 aliphatic carbocycles. The van der Waals surface area contributed by atoms with Crippen LogP contribution in [0.25, 0.3) is 0 Å². The predicted octanol–water partition coefficient (Wildman–Crippen LogP) is 1.70. The fourth-order valence-corrected chi connectivity index (χ4v) is 0. The van der Waals surface area contributed by atoms with Gasteiger partial charge in [-0.05, 0) is 0 Å². The molecule has 0 aromatic carbocycles. The SMILES string of the molecule is [CH2-][Si](C)(C)C.[U]. The van der Waals surface area contributed by atoms with E-state index in [1.165, 1.54) is 0 Å². The Bertz CT molecular complexity index is 23.0. The van der Waals surface area contributed by atoms with E-state index in [-0.39, 0.29) is 31.1 Å². The van der Waals surface area contributed by atoms with Crippen molar-refractivity contribution in [3.05, 3.63) is 6.55 Å². The molecular formula is C4H11SiU-. The van der Waals surface area contributed by atoms with Gasteiger partial charge in [-0.2, -0.15) is 0 Å². The van der Waals surface area contributed by atoms with Crippen LogP contribution in [0.2, 0.25) is 19.6 Å². The predicted molar refractivity (Wildman–Crippen MR) is 28.7 cm³/mol. The second-order valence-electron chi connectivity index (χ2n) is 2.56. The van der Waals surface area contributed by atoms with Gasteiger partial charge >= 0.3 is 0 Å². The third-order valence-corrected chi connectivity index (χ3v) is 0. The molecule has 36 valence electrons. The maximum atomic E-state index is 3.91. The summed E-state index contributed by atoms with van der Waals surface area (Å²) in [7, 11) is -0.861. The minimum absolute atomic E-state index is 0. The van der Waals surface area contributed by atoms with Crippen LogP contribution in [0.4, 0.5) is 0 Å². The van der Waals surface area contributed by atoms with Gasteiger partial charge in [-0.15, -0.1) is 8.07 Å². The first-order chi connectivity index (χ1) is 2.00. The van der Waals surface area contributed by atoms with E-state index < -0.39 is 8.07 Å². The van der Waals surface area contributed by atoms with E-state index in [0.29, 0.717) is 0 Å². The summed E-state index contributed by atoms with van der Waals surface area (Å²) in [5.74, 6) is 0. The zero-order chi connectivity index (χ0) is 4.50. The van der Waals surface area contributed by atoms with Gasteiger partial charge in [-0.1, -0.05) is 19.6 Å². The van der Waals surface area contributed by atoms with Gasteiger partial charge in [0.2, 0.25) is 0 Å². The minimum Gasteiger partial charge on any atom is -0.342 e. The Kier molecular flexibility index (Phi) is 5.65. The Morgan fingerprint density at radius 3 is 1.17 bits per heavy atom. The molecular weight excluding hydrogens is 314 g/mol. The molecule has 0 unspecified atom stereocenters. The maximum Gasteiger partial charge on any atom is 0 e. The van der Waals surface area contributed by atoms with Crippen LogP contribution in [0.3, 0.4) is 0 Å². The monoisotopic (exact) mass is 325 g/mol. The standard InChI is InChI=1S/C4H11Si.U/c1-5(2,3)4;/h1H2,2-4H3;/q-1;. The van der Waals surface area contributed by atoms with Crippen molar-refractivity contribution in [1.82, 2.24) is 0 Å². The second-order valence-corrected chi connectivity index (χ2v) is 7.68. The largest absolute Gasteiger partial charge is 0.342 e. The van der Waals surface area contributed by atoms with Crippen LogP contribution in [-0.2, 0) is 0 Å². The molecule has 0 aromatic heterocycles. The molecule has 0 aliphatic heterocycles. The van der Waals surface area contributed by atoms with E-state index in [0.717, 1.165) is 0 Å². The van der Waals surface area contributed by atoms with Crippen LogP contribution in [-0.4, -0.2) is 8.07 Å². The van der Waals surface area contributed by atoms with Gasteiger partial charge in [-0.3, -0.25) is 0 Å². The van der Waals surface area contributed by atoms with E-state index in [2.05, 4.69) is 26.2 Å². The minimum atomic E-state index is -0.861. The third kappa shape index (κ3) is 59.6. The van der Waals surface area contributed by atoms with E-state index >= 15 is 0 Å². The molecule has 6 heavy (non-hydrogen) atoms. The molecule has 2 heteroatoms. The van der Waals surface area contributed by atoms with Gasteiger partial charge in [0.05, 0.1) is 0 Å². The second kappa shape index (κ2) is 3.29. The van der Waals surface area contributed by atoms with Crippen molar-refractivity contribution in [3.8, 4) is 0 Å². The Labute approximate surface area is 65.1 Å².